The van der Waals surface area contributed by atoms with Crippen molar-refractivity contribution < 1.29 is 139 Å². The summed E-state index contributed by atoms with van der Waals surface area (Å²) in [5.74, 6) is 0.862. The SMILES string of the molecule is CCC[C@@H](O)COc1ccc(F)c(Br)c1.CN(C[C@@H](O)COc1ccc(F)c(Br)c1)C(=O)OC(C)(C)C.CN(C[C@H](COc1ccc(F)c(Br)c1)O[Si](C)(C)C(C)(C)C)C(=O)OC(C)(C)C.Cc1c(Cl)nc(-c2cc(OC[C@@H](CN(C)C(=O)OC(C)(C)C)O[Si](C)(C)C(C)(C)C)ccc2F)nc1Cl.Cc1ccc(S(=O)(=O)OC[C@H]2CO2)cc1.Cc1noc(C)c1B(O)O.Fc1ccc(OC[C@H]2CO2)cc1Br.Oc1ccc(F)c(Br)c1. The Bertz CT molecular complexity index is 5850. The van der Waals surface area contributed by atoms with Crippen molar-refractivity contribution in [3.63, 3.8) is 0 Å². The van der Waals surface area contributed by atoms with E-state index in [2.05, 4.69) is 167 Å². The van der Waals surface area contributed by atoms with E-state index in [1.165, 1.54) is 94.5 Å². The molecule has 0 unspecified atom stereocenters. The molecule has 2 saturated heterocycles. The van der Waals surface area contributed by atoms with Crippen LogP contribution >= 0.6 is 103 Å². The van der Waals surface area contributed by atoms with Gasteiger partial charge in [-0.25, -0.2) is 50.7 Å². The molecule has 47 heteroatoms. The quantitative estimate of drug-likeness (QED) is 0.00637. The predicted octanol–water partition coefficient (Wildman–Crippen LogP) is 24.8. The van der Waals surface area contributed by atoms with E-state index in [1.54, 1.807) is 116 Å². The van der Waals surface area contributed by atoms with E-state index >= 15 is 0 Å². The lowest BCUT2D eigenvalue weighted by Gasteiger charge is -2.40. The van der Waals surface area contributed by atoms with Crippen LogP contribution in [0.15, 0.2) is 165 Å². The van der Waals surface area contributed by atoms with Gasteiger partial charge in [-0.1, -0.05) is 101 Å². The first kappa shape index (κ1) is 134. The number of carbonyl (C=O) groups is 3. The second-order valence-electron chi connectivity index (χ2n) is 40.6. The Labute approximate surface area is 931 Å². The molecule has 4 heterocycles. The summed E-state index contributed by atoms with van der Waals surface area (Å²) in [4.78, 5) is 49.5. The minimum Gasteiger partial charge on any atom is -0.508 e. The minimum atomic E-state index is -3.61. The van der Waals surface area contributed by atoms with Gasteiger partial charge in [0.05, 0.1) is 96.3 Å². The number of carbonyl (C=O) groups excluding carboxylic acids is 3. The van der Waals surface area contributed by atoms with Crippen LogP contribution in [0, 0.1) is 62.6 Å². The first-order valence-electron chi connectivity index (χ1n) is 47.3. The minimum absolute atomic E-state index is 0.00858. The topological polar surface area (TPSA) is 375 Å². The van der Waals surface area contributed by atoms with Crippen molar-refractivity contribution >= 4 is 160 Å². The van der Waals surface area contributed by atoms with Crippen LogP contribution in [0.3, 0.4) is 0 Å². The van der Waals surface area contributed by atoms with Gasteiger partial charge in [0.1, 0.15) is 154 Å². The van der Waals surface area contributed by atoms with Crippen molar-refractivity contribution in [3.8, 4) is 45.9 Å². The second kappa shape index (κ2) is 61.6. The number of aliphatic hydroxyl groups excluding tert-OH is 2. The standard InChI is InChI=1S/C26H38Cl2FN3O4Si.C21H35BrFNO4Si.C15H21BrFNO4.C11H14BrFO2.C10H12O4S.C9H8BrFO2.C6H4BrFO.C5H8BNO3/c1-16-21(27)30-23(31-22(16)28)19-13-17(11-12-20(19)29)34-15-18(36-37(9,10)26(5,6)7)14-32(8)24(33)35-25(2,3)4;1-20(2,3)27-19(25)24(7)13-16(28-29(8,9)21(4,5)6)14-26-15-10-11-18(23)17(22)12-15;1-15(2,3)22-14(20)18(4)8-10(19)9-21-11-5-6-13(17)12(16)7-11;1-2-3-8(14)7-15-9-4-5-11(13)10(12)6-9;1-8-2-4-10(5-3-8)15(11,12)14-7-9-6-13-9;10-8-3-6(1-2-9(8)11)12-4-7-5-13-7;7-5-3-4(9)1-2-6(5)8;1-3-5(6(8)9)4(2)10-7-3/h11-13,18H,14-15H2,1-10H3;10-12,16H,13-14H2,1-9H3;5-7,10,19H,8-9H2,1-4H3;4-6,8,14H,2-3,7H2,1H3;2-5,9H,6-7H2,1H3;1-3,7H,4-5H2;1-3,9H;8-9H,1-2H3/t18-;16-;10-;8-;9-;7-;;/m111110../s1. The fraction of sp³-hybridized carbons (Fsp3) is 0.495. The number of hydrogen-bond donors (Lipinski definition) is 5. The maximum Gasteiger partial charge on any atom is 0.494 e. The lowest BCUT2D eigenvalue weighted by molar-refractivity contribution is 0.0151. The molecule has 7 aromatic carbocycles. The molecule has 2 aromatic heterocycles. The first-order valence-corrected chi connectivity index (χ1v) is 59.2. The van der Waals surface area contributed by atoms with Gasteiger partial charge in [0.2, 0.25) is 0 Å². The molecule has 0 spiro atoms. The van der Waals surface area contributed by atoms with Gasteiger partial charge in [0, 0.05) is 32.2 Å². The van der Waals surface area contributed by atoms with Gasteiger partial charge < -0.3 is 101 Å². The zero-order valence-corrected chi connectivity index (χ0v) is 102. The number of nitrogens with zero attached hydrogens (tertiary/aromatic N) is 6. The highest BCUT2D eigenvalue weighted by molar-refractivity contribution is 9.11. The molecule has 3 amide bonds. The molecule has 834 valence electrons. The summed E-state index contributed by atoms with van der Waals surface area (Å²) < 4.78 is 181. The van der Waals surface area contributed by atoms with Crippen molar-refractivity contribution in [2.75, 3.05) is 93.6 Å². The maximum atomic E-state index is 14.7. The zero-order chi connectivity index (χ0) is 114. The van der Waals surface area contributed by atoms with E-state index in [9.17, 15) is 59.4 Å². The van der Waals surface area contributed by atoms with Gasteiger partial charge >= 0.3 is 25.4 Å². The number of aromatic hydroxyl groups is 1. The number of likely N-dealkylation sites (N-methyl/N-ethyl adjacent to an activating group) is 3. The van der Waals surface area contributed by atoms with Gasteiger partial charge in [-0.2, -0.15) is 8.42 Å². The molecule has 2 aliphatic rings. The smallest absolute Gasteiger partial charge is 0.494 e. The molecule has 6 atom stereocenters. The molecule has 0 aliphatic carbocycles. The Hall–Kier alpha value is -7.91. The summed E-state index contributed by atoms with van der Waals surface area (Å²) in [7, 11) is -4.53. The van der Waals surface area contributed by atoms with E-state index in [1.807, 2.05) is 55.4 Å². The lowest BCUT2D eigenvalue weighted by Crippen LogP contribution is -2.49. The van der Waals surface area contributed by atoms with Crippen LogP contribution in [-0.2, 0) is 46.8 Å². The number of phenolic OH excluding ortho intramolecular Hbond substituents is 1. The molecule has 0 saturated carbocycles. The van der Waals surface area contributed by atoms with E-state index in [4.69, 9.17) is 98.8 Å². The lowest BCUT2D eigenvalue weighted by atomic mass is 9.79. The number of ether oxygens (including phenoxy) is 10. The van der Waals surface area contributed by atoms with Crippen LogP contribution in [0.2, 0.25) is 46.6 Å². The first-order chi connectivity index (χ1) is 69.2. The van der Waals surface area contributed by atoms with Crippen LogP contribution in [0.5, 0.6) is 34.5 Å². The Kier molecular flexibility index (Phi) is 55.1. The average Bonchev–Trinajstić information content (AvgIpc) is 1.20. The molecular formula is C103H140BBr5Cl2F6N6O24SSi2. The second-order valence-corrected chi connectivity index (χ2v) is 56.7. The van der Waals surface area contributed by atoms with Crippen molar-refractivity contribution in [3.05, 3.63) is 224 Å². The fourth-order valence-corrected chi connectivity index (χ4v) is 17.0. The van der Waals surface area contributed by atoms with Crippen molar-refractivity contribution in [2.45, 2.75) is 246 Å². The summed E-state index contributed by atoms with van der Waals surface area (Å²) in [6.45, 7) is 49.8. The van der Waals surface area contributed by atoms with E-state index in [0.717, 1.165) is 18.6 Å². The third kappa shape index (κ3) is 51.2. The molecule has 5 N–H and O–H groups in total. The largest absolute Gasteiger partial charge is 0.508 e. The predicted molar refractivity (Wildman–Crippen MR) is 589 cm³/mol. The van der Waals surface area contributed by atoms with Crippen molar-refractivity contribution in [2.24, 2.45) is 0 Å². The molecule has 2 aliphatic heterocycles. The monoisotopic (exact) mass is 2520 g/mol. The normalized spacial score (nSPS) is 14.1. The fourth-order valence-electron chi connectivity index (χ4n) is 11.3. The molecule has 9 aromatic rings. The Morgan fingerprint density at radius 3 is 1.14 bits per heavy atom. The van der Waals surface area contributed by atoms with Gasteiger partial charge in [-0.15, -0.1) is 0 Å². The Morgan fingerprint density at radius 1 is 0.487 bits per heavy atom. The van der Waals surface area contributed by atoms with Gasteiger partial charge in [-0.3, -0.25) is 4.18 Å². The highest BCUT2D eigenvalue weighted by atomic mass is 79.9. The summed E-state index contributed by atoms with van der Waals surface area (Å²) >= 11 is 27.5. The van der Waals surface area contributed by atoms with Crippen LogP contribution in [0.1, 0.15) is 146 Å². The number of halogens is 13. The third-order valence-corrected chi connectivity index (χ3v) is 35.6. The maximum absolute atomic E-state index is 14.7. The van der Waals surface area contributed by atoms with Crippen LogP contribution in [0.25, 0.3) is 11.4 Å². The van der Waals surface area contributed by atoms with E-state index in [0.29, 0.717) is 90.8 Å². The van der Waals surface area contributed by atoms with Gasteiger partial charge in [0.15, 0.2) is 22.5 Å². The van der Waals surface area contributed by atoms with Gasteiger partial charge in [0.25, 0.3) is 10.1 Å². The average molecular weight is 2530 g/mol. The van der Waals surface area contributed by atoms with E-state index < -0.39 is 98.9 Å². The Morgan fingerprint density at radius 2 is 0.820 bits per heavy atom. The van der Waals surface area contributed by atoms with E-state index in [-0.39, 0.29) is 139 Å². The highest BCUT2D eigenvalue weighted by Crippen LogP contribution is 2.40. The van der Waals surface area contributed by atoms with Crippen LogP contribution in [-0.4, -0.2) is 253 Å². The Balaban J connectivity index is 0.000000372. The third-order valence-electron chi connectivity index (χ3n) is 21.4. The molecule has 30 nitrogen and oxygen atoms in total. The number of benzene rings is 7. The molecule has 150 heavy (non-hydrogen) atoms. The van der Waals surface area contributed by atoms with Crippen molar-refractivity contribution in [1.82, 2.24) is 29.8 Å². The summed E-state index contributed by atoms with van der Waals surface area (Å²) in [6, 6.07) is 32.3. The summed E-state index contributed by atoms with van der Waals surface area (Å²) in [6.07, 6.45) is -1.73. The highest BCUT2D eigenvalue weighted by Gasteiger charge is 2.42. The molecule has 11 rings (SSSR count). The molecule has 0 bridgehead atoms. The number of rotatable bonds is 33. The number of phenols is 1. The molecule has 2 fully saturated rings. The summed E-state index contributed by atoms with van der Waals surface area (Å²) in [5, 5.41) is 49.3. The number of aryl methyl sites for hydroxylation is 3. The van der Waals surface area contributed by atoms with Crippen LogP contribution < -0.4 is 29.1 Å². The number of epoxide rings is 2. The number of aromatic nitrogens is 3. The van der Waals surface area contributed by atoms with Crippen LogP contribution in [0.4, 0.5) is 40.7 Å². The number of hydrogen-bond acceptors (Lipinski definition) is 27. The van der Waals surface area contributed by atoms with Crippen molar-refractivity contribution in [1.29, 1.82) is 0 Å². The molecular weight excluding hydrogens is 2390 g/mol. The number of aliphatic hydroxyl groups is 2. The summed E-state index contributed by atoms with van der Waals surface area (Å²) in [5.41, 5.74) is 0.734. The number of amides is 3. The zero-order valence-electron chi connectivity index (χ0n) is 89.4. The molecule has 0 radical (unpaired) electrons. The van der Waals surface area contributed by atoms with Gasteiger partial charge in [-0.05, 0) is 334 Å².